The summed E-state index contributed by atoms with van der Waals surface area (Å²) in [6.07, 6.45) is 0. The highest BCUT2D eigenvalue weighted by Gasteiger charge is 1.85. The minimum Gasteiger partial charge on any atom is -0.355 e. The van der Waals surface area contributed by atoms with E-state index in [1.807, 2.05) is 30.3 Å². The molecule has 1 aromatic carbocycles. The average molecular weight is 122 g/mol. The van der Waals surface area contributed by atoms with Gasteiger partial charge in [-0.2, -0.15) is 0 Å². The van der Waals surface area contributed by atoms with Crippen LogP contribution in [0.15, 0.2) is 30.3 Å². The highest BCUT2D eigenvalue weighted by Crippen LogP contribution is 2.06. The van der Waals surface area contributed by atoms with Crippen LogP contribution in [0.2, 0.25) is 0 Å². The van der Waals surface area contributed by atoms with E-state index in [4.69, 9.17) is 4.89 Å². The van der Waals surface area contributed by atoms with Gasteiger partial charge in [0, 0.05) is 0 Å². The number of benzene rings is 1. The molecular weight excluding hydrogens is 115 g/mol. The van der Waals surface area contributed by atoms with Crippen molar-refractivity contribution in [1.29, 1.82) is 0 Å². The van der Waals surface area contributed by atoms with Crippen LogP contribution in [0.25, 0.3) is 0 Å². The van der Waals surface area contributed by atoms with Crippen molar-refractivity contribution in [2.24, 2.45) is 0 Å². The van der Waals surface area contributed by atoms with E-state index in [-0.39, 0.29) is 0 Å². The van der Waals surface area contributed by atoms with Gasteiger partial charge in [-0.25, -0.2) is 0 Å². The van der Waals surface area contributed by atoms with Crippen molar-refractivity contribution in [3.05, 3.63) is 30.3 Å². The molecule has 3 heteroatoms. The standard InChI is InChI=1S/C6H7BO2/c7-9-8-6-4-2-1-3-5-6/h1-5H,7H2. The Morgan fingerprint density at radius 3 is 2.33 bits per heavy atom. The Morgan fingerprint density at radius 1 is 1.11 bits per heavy atom. The quantitative estimate of drug-likeness (QED) is 0.324. The third kappa shape index (κ3) is 1.78. The predicted molar refractivity (Wildman–Crippen MR) is 36.7 cm³/mol. The topological polar surface area (TPSA) is 18.5 Å². The summed E-state index contributed by atoms with van der Waals surface area (Å²) in [4.78, 5) is 9.13. The molecule has 0 fully saturated rings. The lowest BCUT2D eigenvalue weighted by molar-refractivity contribution is -0.0931. The maximum Gasteiger partial charge on any atom is 0.322 e. The minimum absolute atomic E-state index is 0.722. The van der Waals surface area contributed by atoms with Crippen molar-refractivity contribution in [3.8, 4) is 5.75 Å². The summed E-state index contributed by atoms with van der Waals surface area (Å²) >= 11 is 0. The summed E-state index contributed by atoms with van der Waals surface area (Å²) in [5.41, 5.74) is 0. The lowest BCUT2D eigenvalue weighted by Crippen LogP contribution is -1.90. The van der Waals surface area contributed by atoms with Crippen molar-refractivity contribution in [2.45, 2.75) is 0 Å². The zero-order valence-corrected chi connectivity index (χ0v) is 5.20. The van der Waals surface area contributed by atoms with Gasteiger partial charge in [0.05, 0.1) is 0 Å². The second-order valence-electron chi connectivity index (χ2n) is 1.56. The van der Waals surface area contributed by atoms with E-state index in [1.54, 1.807) is 0 Å². The van der Waals surface area contributed by atoms with Gasteiger partial charge < -0.3 is 4.89 Å². The second-order valence-corrected chi connectivity index (χ2v) is 1.56. The number of hydrogen-bond donors (Lipinski definition) is 0. The maximum atomic E-state index is 4.71. The summed E-state index contributed by atoms with van der Waals surface area (Å²) < 4.78 is 0. The molecule has 0 aromatic heterocycles. The van der Waals surface area contributed by atoms with Gasteiger partial charge in [-0.1, -0.05) is 18.2 Å². The molecule has 0 heterocycles. The van der Waals surface area contributed by atoms with Crippen LogP contribution in [0.1, 0.15) is 0 Å². The molecule has 0 saturated carbocycles. The Morgan fingerprint density at radius 2 is 1.78 bits per heavy atom. The zero-order valence-electron chi connectivity index (χ0n) is 5.20. The van der Waals surface area contributed by atoms with Crippen LogP contribution >= 0.6 is 0 Å². The molecular formula is C6H7BO2. The third-order valence-corrected chi connectivity index (χ3v) is 0.923. The summed E-state index contributed by atoms with van der Waals surface area (Å²) in [5, 5.41) is 0. The fraction of sp³-hybridized carbons (Fsp3) is 0. The van der Waals surface area contributed by atoms with Crippen molar-refractivity contribution >= 4 is 8.05 Å². The van der Waals surface area contributed by atoms with Crippen molar-refractivity contribution in [1.82, 2.24) is 0 Å². The van der Waals surface area contributed by atoms with Crippen LogP contribution in [0.3, 0.4) is 0 Å². The van der Waals surface area contributed by atoms with Crippen LogP contribution in [0.5, 0.6) is 5.75 Å². The van der Waals surface area contributed by atoms with E-state index in [2.05, 4.69) is 4.81 Å². The van der Waals surface area contributed by atoms with Gasteiger partial charge in [0.2, 0.25) is 0 Å². The molecule has 0 radical (unpaired) electrons. The van der Waals surface area contributed by atoms with Crippen LogP contribution in [-0.2, 0) is 4.81 Å². The zero-order chi connectivity index (χ0) is 6.53. The normalized spacial score (nSPS) is 8.89. The Bertz CT molecular complexity index is 164. The molecule has 0 aliphatic heterocycles. The van der Waals surface area contributed by atoms with Crippen molar-refractivity contribution in [2.75, 3.05) is 0 Å². The van der Waals surface area contributed by atoms with Gasteiger partial charge in [-0.3, -0.25) is 4.81 Å². The molecule has 2 nitrogen and oxygen atoms in total. The van der Waals surface area contributed by atoms with E-state index in [0.29, 0.717) is 0 Å². The molecule has 0 amide bonds. The first-order valence-electron chi connectivity index (χ1n) is 2.69. The highest BCUT2D eigenvalue weighted by atomic mass is 17.2. The molecule has 9 heavy (non-hydrogen) atoms. The van der Waals surface area contributed by atoms with Crippen molar-refractivity contribution < 1.29 is 9.69 Å². The SMILES string of the molecule is BOOc1ccccc1. The first-order valence-corrected chi connectivity index (χ1v) is 2.69. The first kappa shape index (κ1) is 6.17. The Kier molecular flexibility index (Phi) is 2.16. The molecule has 0 N–H and O–H groups in total. The van der Waals surface area contributed by atoms with E-state index in [1.165, 1.54) is 8.05 Å². The average Bonchev–Trinajstić information content (AvgIpc) is 1.91. The number of rotatable bonds is 2. The van der Waals surface area contributed by atoms with Gasteiger partial charge in [-0.15, -0.1) is 0 Å². The monoisotopic (exact) mass is 122 g/mol. The number of para-hydroxylation sites is 1. The lowest BCUT2D eigenvalue weighted by atomic mass is 10.3. The van der Waals surface area contributed by atoms with E-state index >= 15 is 0 Å². The van der Waals surface area contributed by atoms with Gasteiger partial charge in [-0.05, 0) is 12.1 Å². The summed E-state index contributed by atoms with van der Waals surface area (Å²) in [5.74, 6) is 0.722. The van der Waals surface area contributed by atoms with E-state index in [0.717, 1.165) is 5.75 Å². The van der Waals surface area contributed by atoms with Crippen LogP contribution in [-0.4, -0.2) is 8.05 Å². The molecule has 0 aliphatic carbocycles. The second kappa shape index (κ2) is 3.15. The van der Waals surface area contributed by atoms with Crippen LogP contribution < -0.4 is 4.89 Å². The van der Waals surface area contributed by atoms with E-state index < -0.39 is 0 Å². The molecule has 1 aromatic rings. The van der Waals surface area contributed by atoms with Gasteiger partial charge >= 0.3 is 8.05 Å². The maximum absolute atomic E-state index is 4.71. The van der Waals surface area contributed by atoms with E-state index in [9.17, 15) is 0 Å². The summed E-state index contributed by atoms with van der Waals surface area (Å²) in [6, 6.07) is 9.33. The lowest BCUT2D eigenvalue weighted by Gasteiger charge is -1.98. The third-order valence-electron chi connectivity index (χ3n) is 0.923. The molecule has 0 bridgehead atoms. The molecule has 0 atom stereocenters. The Hall–Kier alpha value is -0.955. The summed E-state index contributed by atoms with van der Waals surface area (Å²) in [7, 11) is 1.48. The Labute approximate surface area is 54.8 Å². The molecule has 0 spiro atoms. The minimum atomic E-state index is 0.722. The van der Waals surface area contributed by atoms with Crippen LogP contribution in [0.4, 0.5) is 0 Å². The number of hydrogen-bond acceptors (Lipinski definition) is 2. The summed E-state index contributed by atoms with van der Waals surface area (Å²) in [6.45, 7) is 0. The largest absolute Gasteiger partial charge is 0.355 e. The van der Waals surface area contributed by atoms with Gasteiger partial charge in [0.25, 0.3) is 0 Å². The predicted octanol–water partition coefficient (Wildman–Crippen LogP) is 0.545. The van der Waals surface area contributed by atoms with Crippen molar-refractivity contribution in [3.63, 3.8) is 0 Å². The fourth-order valence-corrected chi connectivity index (χ4v) is 0.572. The first-order chi connectivity index (χ1) is 4.43. The fourth-order valence-electron chi connectivity index (χ4n) is 0.572. The molecule has 0 aliphatic rings. The molecule has 0 unspecified atom stereocenters. The molecule has 1 rings (SSSR count). The molecule has 0 saturated heterocycles. The van der Waals surface area contributed by atoms with Gasteiger partial charge in [0.15, 0.2) is 5.75 Å². The molecule has 46 valence electrons. The van der Waals surface area contributed by atoms with Gasteiger partial charge in [0.1, 0.15) is 0 Å². The highest BCUT2D eigenvalue weighted by molar-refractivity contribution is 5.97. The smallest absolute Gasteiger partial charge is 0.322 e. The Balaban J connectivity index is 2.61. The van der Waals surface area contributed by atoms with Crippen LogP contribution in [0, 0.1) is 0 Å².